The van der Waals surface area contributed by atoms with Gasteiger partial charge in [-0.25, -0.2) is 4.79 Å². The SMILES string of the molecule is C=CC(=O)O.CC(=O)CC(=O)O.CCC(O)O. The molecule has 100 valence electrons. The normalized spacial score (nSPS) is 8.06. The van der Waals surface area contributed by atoms with E-state index in [1.165, 1.54) is 6.92 Å². The van der Waals surface area contributed by atoms with Crippen LogP contribution in [0.3, 0.4) is 0 Å². The molecule has 17 heavy (non-hydrogen) atoms. The zero-order valence-electron chi connectivity index (χ0n) is 9.79. The van der Waals surface area contributed by atoms with Gasteiger partial charge in [-0.2, -0.15) is 0 Å². The molecule has 4 N–H and O–H groups in total. The van der Waals surface area contributed by atoms with Crippen molar-refractivity contribution >= 4 is 17.7 Å². The number of aliphatic carboxylic acids is 2. The molecule has 0 saturated heterocycles. The molecule has 0 saturated carbocycles. The fourth-order valence-corrected chi connectivity index (χ4v) is 0.213. The number of hydrogen-bond donors (Lipinski definition) is 4. The molecule has 0 fully saturated rings. The van der Waals surface area contributed by atoms with Crippen LogP contribution in [-0.4, -0.2) is 44.4 Å². The highest BCUT2D eigenvalue weighted by molar-refractivity contribution is 5.93. The van der Waals surface area contributed by atoms with E-state index in [1.54, 1.807) is 6.92 Å². The van der Waals surface area contributed by atoms with Crippen LogP contribution in [-0.2, 0) is 14.4 Å². The largest absolute Gasteiger partial charge is 0.481 e. The van der Waals surface area contributed by atoms with Gasteiger partial charge in [-0.15, -0.1) is 0 Å². The van der Waals surface area contributed by atoms with Crippen molar-refractivity contribution in [2.45, 2.75) is 33.0 Å². The molecule has 0 aliphatic carbocycles. The van der Waals surface area contributed by atoms with Crippen LogP contribution in [0.1, 0.15) is 26.7 Å². The van der Waals surface area contributed by atoms with Gasteiger partial charge >= 0.3 is 11.9 Å². The van der Waals surface area contributed by atoms with Crippen LogP contribution in [0.2, 0.25) is 0 Å². The molecule has 0 spiro atoms. The lowest BCUT2D eigenvalue weighted by atomic mass is 10.3. The van der Waals surface area contributed by atoms with E-state index in [0.29, 0.717) is 6.42 Å². The van der Waals surface area contributed by atoms with E-state index < -0.39 is 18.2 Å². The maximum Gasteiger partial charge on any atom is 0.327 e. The molecule has 7 heteroatoms. The standard InChI is InChI=1S/C4H6O3.C3H8O2.C3H4O2/c1-3(5)2-4(6)7;2*1-2-3(4)5/h2H2,1H3,(H,6,7);3-5H,2H2,1H3;2H,1H2,(H,4,5). The minimum atomic E-state index is -1.12. The maximum absolute atomic E-state index is 9.87. The van der Waals surface area contributed by atoms with Crippen molar-refractivity contribution in [2.24, 2.45) is 0 Å². The molecule has 0 aromatic carbocycles. The average Bonchev–Trinajstić information content (AvgIpc) is 2.17. The first-order valence-electron chi connectivity index (χ1n) is 4.60. The number of rotatable bonds is 4. The Labute approximate surface area is 99.0 Å². The molecular weight excluding hydrogens is 232 g/mol. The van der Waals surface area contributed by atoms with Crippen LogP contribution >= 0.6 is 0 Å². The third kappa shape index (κ3) is 54.6. The maximum atomic E-state index is 9.87. The lowest BCUT2D eigenvalue weighted by molar-refractivity contribution is -0.139. The second-order valence-electron chi connectivity index (χ2n) is 2.70. The second kappa shape index (κ2) is 14.3. The van der Waals surface area contributed by atoms with E-state index >= 15 is 0 Å². The first-order valence-corrected chi connectivity index (χ1v) is 4.60. The lowest BCUT2D eigenvalue weighted by Crippen LogP contribution is -2.00. The molecule has 0 bridgehead atoms. The minimum Gasteiger partial charge on any atom is -0.481 e. The molecule has 0 rings (SSSR count). The number of carbonyl (C=O) groups excluding carboxylic acids is 1. The van der Waals surface area contributed by atoms with Crippen molar-refractivity contribution < 1.29 is 34.8 Å². The summed E-state index contributed by atoms with van der Waals surface area (Å²) in [7, 11) is 0. The highest BCUT2D eigenvalue weighted by Gasteiger charge is 1.98. The molecule has 0 aliphatic rings. The van der Waals surface area contributed by atoms with Crippen LogP contribution in [0.5, 0.6) is 0 Å². The number of aliphatic hydroxyl groups excluding tert-OH is 1. The summed E-state index contributed by atoms with van der Waals surface area (Å²) in [5, 5.41) is 31.3. The van der Waals surface area contributed by atoms with Crippen molar-refractivity contribution in [3.63, 3.8) is 0 Å². The second-order valence-corrected chi connectivity index (χ2v) is 2.70. The van der Waals surface area contributed by atoms with Gasteiger partial charge in [-0.05, 0) is 13.3 Å². The summed E-state index contributed by atoms with van der Waals surface area (Å²) in [5.41, 5.74) is 0. The summed E-state index contributed by atoms with van der Waals surface area (Å²) in [4.78, 5) is 28.7. The van der Waals surface area contributed by atoms with Crippen molar-refractivity contribution in [3.8, 4) is 0 Å². The van der Waals surface area contributed by atoms with Gasteiger partial charge in [0.25, 0.3) is 0 Å². The quantitative estimate of drug-likeness (QED) is 0.314. The topological polar surface area (TPSA) is 132 Å². The van der Waals surface area contributed by atoms with Gasteiger partial charge in [0.05, 0.1) is 0 Å². The average molecular weight is 250 g/mol. The van der Waals surface area contributed by atoms with Gasteiger partial charge in [0, 0.05) is 6.08 Å². The number of aliphatic hydroxyl groups is 2. The van der Waals surface area contributed by atoms with E-state index in [4.69, 9.17) is 20.4 Å². The summed E-state index contributed by atoms with van der Waals surface area (Å²) in [6, 6.07) is 0. The van der Waals surface area contributed by atoms with Crippen molar-refractivity contribution in [2.75, 3.05) is 0 Å². The van der Waals surface area contributed by atoms with Crippen LogP contribution in [0.4, 0.5) is 0 Å². The van der Waals surface area contributed by atoms with Crippen LogP contribution in [0, 0.1) is 0 Å². The van der Waals surface area contributed by atoms with Crippen LogP contribution < -0.4 is 0 Å². The molecule has 0 heterocycles. The fourth-order valence-electron chi connectivity index (χ4n) is 0.213. The number of carboxylic acid groups (broad SMARTS) is 2. The Hall–Kier alpha value is -1.73. The molecule has 0 aliphatic heterocycles. The molecule has 7 nitrogen and oxygen atoms in total. The Balaban J connectivity index is -0.000000177. The monoisotopic (exact) mass is 250 g/mol. The molecule has 0 unspecified atom stereocenters. The van der Waals surface area contributed by atoms with E-state index in [2.05, 4.69) is 6.58 Å². The van der Waals surface area contributed by atoms with E-state index in [-0.39, 0.29) is 12.2 Å². The van der Waals surface area contributed by atoms with Gasteiger partial charge in [0.2, 0.25) is 0 Å². The van der Waals surface area contributed by atoms with Gasteiger partial charge in [-0.1, -0.05) is 13.5 Å². The zero-order chi connectivity index (χ0) is 14.4. The van der Waals surface area contributed by atoms with Gasteiger partial charge in [0.1, 0.15) is 12.2 Å². The molecule has 0 radical (unpaired) electrons. The predicted molar refractivity (Wildman–Crippen MR) is 59.3 cm³/mol. The highest BCUT2D eigenvalue weighted by Crippen LogP contribution is 1.77. The first-order chi connectivity index (χ1) is 7.67. The Morgan fingerprint density at radius 2 is 1.53 bits per heavy atom. The summed E-state index contributed by atoms with van der Waals surface area (Å²) in [6.45, 7) is 5.90. The summed E-state index contributed by atoms with van der Waals surface area (Å²) < 4.78 is 0. The van der Waals surface area contributed by atoms with E-state index in [0.717, 1.165) is 6.08 Å². The van der Waals surface area contributed by atoms with E-state index in [1.807, 2.05) is 0 Å². The number of carboxylic acids is 2. The highest BCUT2D eigenvalue weighted by atomic mass is 16.5. The van der Waals surface area contributed by atoms with E-state index in [9.17, 15) is 14.4 Å². The Bertz CT molecular complexity index is 233. The first kappa shape index (κ1) is 20.7. The Kier molecular flexibility index (Phi) is 17.3. The molecule has 0 amide bonds. The molecular formula is C10H18O7. The third-order valence-corrected chi connectivity index (χ3v) is 0.940. The Morgan fingerprint density at radius 3 is 1.53 bits per heavy atom. The van der Waals surface area contributed by atoms with Crippen LogP contribution in [0.25, 0.3) is 0 Å². The molecule has 0 aromatic heterocycles. The van der Waals surface area contributed by atoms with Crippen molar-refractivity contribution in [1.82, 2.24) is 0 Å². The lowest BCUT2D eigenvalue weighted by Gasteiger charge is -1.90. The molecule has 0 atom stereocenters. The third-order valence-electron chi connectivity index (χ3n) is 0.940. The van der Waals surface area contributed by atoms with Gasteiger partial charge < -0.3 is 20.4 Å². The summed E-state index contributed by atoms with van der Waals surface area (Å²) >= 11 is 0. The number of carbonyl (C=O) groups is 3. The van der Waals surface area contributed by atoms with Crippen molar-refractivity contribution in [1.29, 1.82) is 0 Å². The van der Waals surface area contributed by atoms with Crippen molar-refractivity contribution in [3.05, 3.63) is 12.7 Å². The molecule has 0 aromatic rings. The summed E-state index contributed by atoms with van der Waals surface area (Å²) in [6.07, 6.45) is -0.227. The number of hydrogen-bond acceptors (Lipinski definition) is 5. The van der Waals surface area contributed by atoms with Gasteiger partial charge in [-0.3, -0.25) is 9.59 Å². The smallest absolute Gasteiger partial charge is 0.327 e. The van der Waals surface area contributed by atoms with Crippen LogP contribution in [0.15, 0.2) is 12.7 Å². The summed E-state index contributed by atoms with van der Waals surface area (Å²) in [5.74, 6) is -2.36. The number of ketones is 1. The Morgan fingerprint density at radius 1 is 1.24 bits per heavy atom. The fraction of sp³-hybridized carbons (Fsp3) is 0.500. The minimum absolute atomic E-state index is 0.312. The predicted octanol–water partition coefficient (Wildman–Crippen LogP) is 0.0142. The van der Waals surface area contributed by atoms with Gasteiger partial charge in [0.15, 0.2) is 6.29 Å². The number of Topliss-reactive ketones (excluding diaryl/α,β-unsaturated/α-hetero) is 1. The zero-order valence-corrected chi connectivity index (χ0v) is 9.79.